The topological polar surface area (TPSA) is 41.9 Å². The predicted octanol–water partition coefficient (Wildman–Crippen LogP) is 3.09. The van der Waals surface area contributed by atoms with E-state index in [1.807, 2.05) is 24.5 Å². The molecule has 1 saturated heterocycles. The van der Waals surface area contributed by atoms with Gasteiger partial charge in [-0.15, -0.1) is 0 Å². The summed E-state index contributed by atoms with van der Waals surface area (Å²) in [7, 11) is -9.34. The molecule has 0 unspecified atom stereocenters. The molecule has 1 aliphatic heterocycles. The molecule has 1 aromatic rings. The van der Waals surface area contributed by atoms with E-state index < -0.39 is 34.4 Å². The molecule has 0 N–H and O–H groups in total. The van der Waals surface area contributed by atoms with Crippen LogP contribution in [-0.2, 0) is 16.5 Å². The van der Waals surface area contributed by atoms with Gasteiger partial charge < -0.3 is 20.7 Å². The first-order valence-electron chi connectivity index (χ1n) is 6.87. The highest BCUT2D eigenvalue weighted by Crippen LogP contribution is 2.31. The maximum Gasteiger partial charge on any atom is 0.442 e. The zero-order chi connectivity index (χ0) is 15.2. The Morgan fingerprint density at radius 1 is 0.600 bits per heavy atom. The van der Waals surface area contributed by atoms with Gasteiger partial charge in [0.25, 0.3) is 0 Å². The summed E-state index contributed by atoms with van der Waals surface area (Å²) >= 11 is 0. The average molecular weight is 348 g/mol. The van der Waals surface area contributed by atoms with Gasteiger partial charge in [0.2, 0.25) is 0 Å². The third-order valence-electron chi connectivity index (χ3n) is 2.93. The maximum atomic E-state index is 6.47. The largest absolute Gasteiger partial charge is 0.442 e. The second kappa shape index (κ2) is 5.02. The molecular weight excluding hydrogens is 322 g/mol. The van der Waals surface area contributed by atoms with Crippen LogP contribution in [-0.4, -0.2) is 38.6 Å². The molecule has 5 nitrogen and oxygen atoms in total. The van der Waals surface area contributed by atoms with Gasteiger partial charge in [-0.3, -0.25) is 0 Å². The zero-order valence-corrected chi connectivity index (χ0v) is 17.4. The summed E-state index contributed by atoms with van der Waals surface area (Å²) < 4.78 is 27.6. The zero-order valence-electron chi connectivity index (χ0n) is 13.4. The molecule has 0 bridgehead atoms. The van der Waals surface area contributed by atoms with Crippen molar-refractivity contribution in [1.82, 2.24) is 4.23 Å². The molecule has 0 saturated carbocycles. The summed E-state index contributed by atoms with van der Waals surface area (Å²) in [6.07, 6.45) is 4.01. The fourth-order valence-corrected chi connectivity index (χ4v) is 23.4. The fourth-order valence-electron chi connectivity index (χ4n) is 2.89. The lowest BCUT2D eigenvalue weighted by Gasteiger charge is -2.47. The Balaban J connectivity index is 2.40. The number of nitrogens with zero attached hydrogens (tertiary/aromatic N) is 1. The van der Waals surface area contributed by atoms with E-state index in [1.54, 1.807) is 0 Å². The van der Waals surface area contributed by atoms with Crippen LogP contribution in [0.2, 0.25) is 45.8 Å². The highest BCUT2D eigenvalue weighted by atomic mass is 28.5. The Morgan fingerprint density at radius 3 is 1.35 bits per heavy atom. The molecule has 0 radical (unpaired) electrons. The van der Waals surface area contributed by atoms with Gasteiger partial charge in [-0.1, -0.05) is 0 Å². The van der Waals surface area contributed by atoms with E-state index in [1.165, 1.54) is 0 Å². The molecule has 0 aliphatic carbocycles. The molecule has 114 valence electrons. The van der Waals surface area contributed by atoms with Crippen molar-refractivity contribution in [3.05, 3.63) is 24.5 Å². The first kappa shape index (κ1) is 16.4. The molecule has 0 amide bonds. The quantitative estimate of drug-likeness (QED) is 0.732. The summed E-state index contributed by atoms with van der Waals surface area (Å²) in [5.74, 6) is 0. The highest BCUT2D eigenvalue weighted by Gasteiger charge is 2.53. The normalized spacial score (nSPS) is 27.6. The van der Waals surface area contributed by atoms with Crippen LogP contribution < -0.4 is 0 Å². The lowest BCUT2D eigenvalue weighted by Crippen LogP contribution is -2.67. The Morgan fingerprint density at radius 2 is 0.950 bits per heavy atom. The number of aromatic nitrogens is 1. The molecular formula is C11H25NO4Si4. The van der Waals surface area contributed by atoms with Crippen molar-refractivity contribution >= 4 is 34.4 Å². The van der Waals surface area contributed by atoms with Crippen molar-refractivity contribution in [3.63, 3.8) is 0 Å². The summed E-state index contributed by atoms with van der Waals surface area (Å²) in [5, 5.41) is 0. The third-order valence-corrected chi connectivity index (χ3v) is 19.0. The van der Waals surface area contributed by atoms with Gasteiger partial charge in [0.15, 0.2) is 0 Å². The van der Waals surface area contributed by atoms with Gasteiger partial charge in [0.05, 0.1) is 0 Å². The van der Waals surface area contributed by atoms with Crippen LogP contribution in [0.5, 0.6) is 0 Å². The van der Waals surface area contributed by atoms with Gasteiger partial charge in [-0.25, -0.2) is 0 Å². The van der Waals surface area contributed by atoms with E-state index in [0.717, 1.165) is 0 Å². The van der Waals surface area contributed by atoms with Crippen LogP contribution in [0, 0.1) is 0 Å². The predicted molar refractivity (Wildman–Crippen MR) is 88.2 cm³/mol. The van der Waals surface area contributed by atoms with Gasteiger partial charge in [-0.2, -0.15) is 0 Å². The molecule has 0 atom stereocenters. The van der Waals surface area contributed by atoms with Crippen LogP contribution in [0.25, 0.3) is 0 Å². The van der Waals surface area contributed by atoms with Gasteiger partial charge in [-0.05, 0) is 70.4 Å². The van der Waals surface area contributed by atoms with Crippen LogP contribution in [0.4, 0.5) is 0 Å². The average Bonchev–Trinajstić information content (AvgIpc) is 2.60. The van der Waals surface area contributed by atoms with Crippen molar-refractivity contribution in [2.24, 2.45) is 0 Å². The third kappa shape index (κ3) is 3.79. The molecule has 0 spiro atoms. The van der Waals surface area contributed by atoms with E-state index in [0.29, 0.717) is 0 Å². The van der Waals surface area contributed by atoms with Gasteiger partial charge >= 0.3 is 34.4 Å². The van der Waals surface area contributed by atoms with Gasteiger partial charge in [0.1, 0.15) is 0 Å². The van der Waals surface area contributed by atoms with E-state index in [-0.39, 0.29) is 0 Å². The minimum Gasteiger partial charge on any atom is -0.416 e. The molecule has 2 heterocycles. The molecule has 9 heteroatoms. The van der Waals surface area contributed by atoms with Crippen LogP contribution in [0.3, 0.4) is 0 Å². The Bertz CT molecular complexity index is 453. The number of hydrogen-bond acceptors (Lipinski definition) is 4. The minimum absolute atomic E-state index is 1.99. The fraction of sp³-hybridized carbons (Fsp3) is 0.636. The molecule has 0 aromatic carbocycles. The Labute approximate surface area is 125 Å². The van der Waals surface area contributed by atoms with Crippen LogP contribution in [0.15, 0.2) is 24.5 Å². The Hall–Kier alpha value is -0.0125. The molecule has 2 rings (SSSR count). The second-order valence-corrected chi connectivity index (χ2v) is 20.6. The van der Waals surface area contributed by atoms with Crippen LogP contribution >= 0.6 is 0 Å². The van der Waals surface area contributed by atoms with E-state index in [2.05, 4.69) is 50.1 Å². The van der Waals surface area contributed by atoms with E-state index >= 15 is 0 Å². The maximum absolute atomic E-state index is 6.47. The molecule has 1 aromatic heterocycles. The van der Waals surface area contributed by atoms with E-state index in [9.17, 15) is 0 Å². The minimum atomic E-state index is -2.56. The SMILES string of the molecule is C[Si]1(C)O[Si](C)(C)O[Si](C)(n2cccc2)O[Si](C)(C)O1. The monoisotopic (exact) mass is 347 g/mol. The molecule has 1 aliphatic rings. The summed E-state index contributed by atoms with van der Waals surface area (Å²) in [5.41, 5.74) is 0. The first-order chi connectivity index (χ1) is 8.93. The lowest BCUT2D eigenvalue weighted by atomic mass is 10.7. The van der Waals surface area contributed by atoms with Crippen molar-refractivity contribution in [2.75, 3.05) is 0 Å². The van der Waals surface area contributed by atoms with Crippen molar-refractivity contribution < 1.29 is 16.5 Å². The van der Waals surface area contributed by atoms with Gasteiger partial charge in [0, 0.05) is 0 Å². The summed E-state index contributed by atoms with van der Waals surface area (Å²) in [4.78, 5) is 0. The van der Waals surface area contributed by atoms with E-state index in [4.69, 9.17) is 16.5 Å². The standard InChI is InChI=1S/C11H25NO4Si4/c1-17(2)13-18(3,4)15-20(7,12-10-8-9-11-12)16-19(5,6)14-17/h8-11H,1-7H3. The van der Waals surface area contributed by atoms with Crippen molar-refractivity contribution in [1.29, 1.82) is 0 Å². The Kier molecular flexibility index (Phi) is 4.11. The van der Waals surface area contributed by atoms with Crippen molar-refractivity contribution in [2.45, 2.75) is 45.8 Å². The van der Waals surface area contributed by atoms with Crippen LogP contribution in [0.1, 0.15) is 0 Å². The summed E-state index contributed by atoms with van der Waals surface area (Å²) in [6, 6.07) is 3.99. The smallest absolute Gasteiger partial charge is 0.416 e. The number of rotatable bonds is 1. The second-order valence-electron chi connectivity index (χ2n) is 6.60. The molecule has 20 heavy (non-hydrogen) atoms. The first-order valence-corrected chi connectivity index (χ1v) is 17.6. The molecule has 1 fully saturated rings. The number of hydrogen-bond donors (Lipinski definition) is 0. The summed E-state index contributed by atoms with van der Waals surface area (Å²) in [6.45, 7) is 14.5. The highest BCUT2D eigenvalue weighted by molar-refractivity contribution is 6.92. The lowest BCUT2D eigenvalue weighted by molar-refractivity contribution is 0.228. The van der Waals surface area contributed by atoms with Crippen molar-refractivity contribution in [3.8, 4) is 0 Å².